The van der Waals surface area contributed by atoms with Gasteiger partial charge in [0.15, 0.2) is 6.61 Å². The SMILES string of the molecule is C[C@H](C(=O)OCC(=O)Nc1cc(C(F)(F)F)ccc1Cl)N1C(=O)c2c(Cl)c(Cl)c(Cl)c(Cl)c2C1=O. The highest BCUT2D eigenvalue weighted by Crippen LogP contribution is 2.45. The van der Waals surface area contributed by atoms with E-state index in [0.717, 1.165) is 19.1 Å². The quantitative estimate of drug-likeness (QED) is 0.195. The van der Waals surface area contributed by atoms with Crippen molar-refractivity contribution in [1.82, 2.24) is 4.90 Å². The molecule has 35 heavy (non-hydrogen) atoms. The normalized spacial score (nSPS) is 14.1. The number of anilines is 1. The highest BCUT2D eigenvalue weighted by atomic mass is 35.5. The van der Waals surface area contributed by atoms with Gasteiger partial charge in [0.05, 0.1) is 47.5 Å². The summed E-state index contributed by atoms with van der Waals surface area (Å²) in [4.78, 5) is 50.6. The summed E-state index contributed by atoms with van der Waals surface area (Å²) in [6, 6.07) is 0.718. The lowest BCUT2D eigenvalue weighted by Gasteiger charge is -2.21. The van der Waals surface area contributed by atoms with Gasteiger partial charge in [0.2, 0.25) is 0 Å². The molecular formula is C20H10Cl5F3N2O5. The molecule has 0 aromatic heterocycles. The van der Waals surface area contributed by atoms with Crippen molar-refractivity contribution in [2.24, 2.45) is 0 Å². The predicted molar refractivity (Wildman–Crippen MR) is 122 cm³/mol. The number of alkyl halides is 3. The Morgan fingerprint density at radius 3 is 1.97 bits per heavy atom. The van der Waals surface area contributed by atoms with Gasteiger partial charge in [-0.25, -0.2) is 4.79 Å². The van der Waals surface area contributed by atoms with E-state index in [1.54, 1.807) is 0 Å². The fourth-order valence-electron chi connectivity index (χ4n) is 3.06. The minimum Gasteiger partial charge on any atom is -0.454 e. The van der Waals surface area contributed by atoms with E-state index in [0.29, 0.717) is 11.0 Å². The van der Waals surface area contributed by atoms with Crippen LogP contribution in [0.2, 0.25) is 25.1 Å². The van der Waals surface area contributed by atoms with Crippen molar-refractivity contribution in [3.05, 3.63) is 60.0 Å². The molecule has 0 bridgehead atoms. The van der Waals surface area contributed by atoms with Crippen LogP contribution in [0.25, 0.3) is 0 Å². The fraction of sp³-hybridized carbons (Fsp3) is 0.200. The second-order valence-corrected chi connectivity index (χ2v) is 8.93. The molecule has 0 saturated carbocycles. The number of esters is 1. The lowest BCUT2D eigenvalue weighted by molar-refractivity contribution is -0.150. The maximum atomic E-state index is 12.9. The standard InChI is InChI=1S/C20H10Cl5F3N2O5/c1-6(30-17(32)11-12(18(30)33)14(23)16(25)15(24)13(11)22)19(34)35-5-10(31)29-9-4-7(20(26,27)28)2-3-8(9)21/h2-4,6H,5H2,1H3,(H,29,31)/t6-/m1/s1. The number of rotatable bonds is 5. The van der Waals surface area contributed by atoms with Crippen LogP contribution >= 0.6 is 58.0 Å². The lowest BCUT2D eigenvalue weighted by Crippen LogP contribution is -2.44. The number of benzene rings is 2. The maximum Gasteiger partial charge on any atom is 0.416 e. The molecule has 3 rings (SSSR count). The number of hydrogen-bond acceptors (Lipinski definition) is 5. The summed E-state index contributed by atoms with van der Waals surface area (Å²) in [7, 11) is 0. The first kappa shape index (κ1) is 27.3. The molecule has 0 spiro atoms. The van der Waals surface area contributed by atoms with Crippen molar-refractivity contribution in [1.29, 1.82) is 0 Å². The predicted octanol–water partition coefficient (Wildman–Crippen LogP) is 6.14. The van der Waals surface area contributed by atoms with Crippen LogP contribution in [-0.2, 0) is 20.5 Å². The van der Waals surface area contributed by atoms with E-state index >= 15 is 0 Å². The molecular weight excluding hydrogens is 582 g/mol. The molecule has 15 heteroatoms. The third kappa shape index (κ3) is 5.17. The minimum atomic E-state index is -4.68. The first-order valence-corrected chi connectivity index (χ1v) is 11.1. The number of halogens is 8. The lowest BCUT2D eigenvalue weighted by atomic mass is 10.1. The number of nitrogens with one attached hydrogen (secondary N) is 1. The van der Waals surface area contributed by atoms with Crippen molar-refractivity contribution >= 4 is 87.4 Å². The molecule has 186 valence electrons. The Hall–Kier alpha value is -2.24. The molecule has 1 aliphatic heterocycles. The molecule has 1 aliphatic rings. The summed E-state index contributed by atoms with van der Waals surface area (Å²) in [6.07, 6.45) is -4.68. The van der Waals surface area contributed by atoms with E-state index in [1.165, 1.54) is 0 Å². The minimum absolute atomic E-state index is 0.192. The summed E-state index contributed by atoms with van der Waals surface area (Å²) in [5.74, 6) is -4.21. The molecule has 7 nitrogen and oxygen atoms in total. The number of imide groups is 1. The van der Waals surface area contributed by atoms with E-state index < -0.39 is 48.1 Å². The van der Waals surface area contributed by atoms with Gasteiger partial charge in [0.1, 0.15) is 6.04 Å². The van der Waals surface area contributed by atoms with Crippen molar-refractivity contribution in [2.75, 3.05) is 11.9 Å². The van der Waals surface area contributed by atoms with Crippen LogP contribution in [0.1, 0.15) is 33.2 Å². The van der Waals surface area contributed by atoms with Crippen LogP contribution in [-0.4, -0.2) is 41.2 Å². The molecule has 1 atom stereocenters. The van der Waals surface area contributed by atoms with Gasteiger partial charge in [-0.1, -0.05) is 58.0 Å². The summed E-state index contributed by atoms with van der Waals surface area (Å²) >= 11 is 29.7. The van der Waals surface area contributed by atoms with Gasteiger partial charge in [-0.15, -0.1) is 0 Å². The molecule has 0 fully saturated rings. The smallest absolute Gasteiger partial charge is 0.416 e. The molecule has 3 amide bonds. The van der Waals surface area contributed by atoms with Crippen LogP contribution in [0.5, 0.6) is 0 Å². The van der Waals surface area contributed by atoms with Gasteiger partial charge in [0, 0.05) is 0 Å². The number of ether oxygens (including phenoxy) is 1. The van der Waals surface area contributed by atoms with Crippen LogP contribution in [0.3, 0.4) is 0 Å². The zero-order valence-electron chi connectivity index (χ0n) is 17.0. The Labute approximate surface area is 219 Å². The second-order valence-electron chi connectivity index (χ2n) is 7.01. The Kier molecular flexibility index (Phi) is 7.83. The molecule has 2 aromatic carbocycles. The van der Waals surface area contributed by atoms with E-state index in [9.17, 15) is 32.3 Å². The first-order valence-electron chi connectivity index (χ1n) is 9.23. The van der Waals surface area contributed by atoms with Gasteiger partial charge in [-0.05, 0) is 25.1 Å². The van der Waals surface area contributed by atoms with Gasteiger partial charge in [-0.3, -0.25) is 19.3 Å². The van der Waals surface area contributed by atoms with Crippen LogP contribution < -0.4 is 5.32 Å². The Morgan fingerprint density at radius 1 is 0.971 bits per heavy atom. The van der Waals surface area contributed by atoms with Crippen LogP contribution in [0, 0.1) is 0 Å². The highest BCUT2D eigenvalue weighted by Gasteiger charge is 2.45. The average molecular weight is 593 g/mol. The fourth-order valence-corrected chi connectivity index (χ4v) is 4.24. The molecule has 1 heterocycles. The van der Waals surface area contributed by atoms with Gasteiger partial charge in [0.25, 0.3) is 17.7 Å². The number of carbonyl (C=O) groups excluding carboxylic acids is 4. The third-order valence-corrected chi connectivity index (χ3v) is 6.91. The van der Waals surface area contributed by atoms with Gasteiger partial charge < -0.3 is 10.1 Å². The number of nitrogens with zero attached hydrogens (tertiary/aromatic N) is 1. The van der Waals surface area contributed by atoms with E-state index in [2.05, 4.69) is 5.32 Å². The molecule has 0 unspecified atom stereocenters. The summed E-state index contributed by atoms with van der Waals surface area (Å²) in [6.45, 7) is 0.175. The van der Waals surface area contributed by atoms with E-state index in [-0.39, 0.29) is 41.9 Å². The largest absolute Gasteiger partial charge is 0.454 e. The third-order valence-electron chi connectivity index (χ3n) is 4.77. The maximum absolute atomic E-state index is 12.9. The Bertz CT molecular complexity index is 1240. The van der Waals surface area contributed by atoms with E-state index in [4.69, 9.17) is 62.7 Å². The second kappa shape index (κ2) is 10.0. The molecule has 0 saturated heterocycles. The van der Waals surface area contributed by atoms with Crippen molar-refractivity contribution in [3.8, 4) is 0 Å². The average Bonchev–Trinajstić information content (AvgIpc) is 3.04. The first-order chi connectivity index (χ1) is 16.2. The number of carbonyl (C=O) groups is 4. The van der Waals surface area contributed by atoms with Gasteiger partial charge in [-0.2, -0.15) is 13.2 Å². The monoisotopic (exact) mass is 590 g/mol. The number of fused-ring (bicyclic) bond motifs is 1. The van der Waals surface area contributed by atoms with Crippen molar-refractivity contribution in [3.63, 3.8) is 0 Å². The van der Waals surface area contributed by atoms with E-state index in [1.807, 2.05) is 0 Å². The molecule has 0 radical (unpaired) electrons. The Balaban J connectivity index is 1.71. The summed E-state index contributed by atoms with van der Waals surface area (Å²) in [5.41, 5.74) is -2.14. The zero-order chi connectivity index (χ0) is 26.4. The van der Waals surface area contributed by atoms with Crippen LogP contribution in [0.4, 0.5) is 18.9 Å². The Morgan fingerprint density at radius 2 is 1.49 bits per heavy atom. The molecule has 0 aliphatic carbocycles. The zero-order valence-corrected chi connectivity index (χ0v) is 20.8. The number of hydrogen-bond donors (Lipinski definition) is 1. The van der Waals surface area contributed by atoms with Crippen molar-refractivity contribution in [2.45, 2.75) is 19.1 Å². The van der Waals surface area contributed by atoms with Crippen molar-refractivity contribution < 1.29 is 37.1 Å². The summed E-state index contributed by atoms with van der Waals surface area (Å²) < 4.78 is 43.4. The summed E-state index contributed by atoms with van der Waals surface area (Å²) in [5, 5.41) is 0.691. The molecule has 2 aromatic rings. The molecule has 1 N–H and O–H groups in total. The topological polar surface area (TPSA) is 92.8 Å². The number of amides is 3. The van der Waals surface area contributed by atoms with Crippen LogP contribution in [0.15, 0.2) is 18.2 Å². The highest BCUT2D eigenvalue weighted by molar-refractivity contribution is 6.55. The van der Waals surface area contributed by atoms with Gasteiger partial charge >= 0.3 is 12.1 Å².